The minimum atomic E-state index is -0.404. The Morgan fingerprint density at radius 2 is 1.79 bits per heavy atom. The van der Waals surface area contributed by atoms with Gasteiger partial charge in [-0.25, -0.2) is 0 Å². The zero-order valence-corrected chi connectivity index (χ0v) is 18.4. The van der Waals surface area contributed by atoms with Gasteiger partial charge in [0.2, 0.25) is 5.58 Å². The molecular weight excluding hydrogens is 448 g/mol. The van der Waals surface area contributed by atoms with Crippen LogP contribution in [0.4, 0.5) is 11.5 Å². The lowest BCUT2D eigenvalue weighted by Crippen LogP contribution is -2.19. The van der Waals surface area contributed by atoms with Gasteiger partial charge in [0.1, 0.15) is 12.3 Å². The lowest BCUT2D eigenvalue weighted by atomic mass is 10.2. The lowest BCUT2D eigenvalue weighted by Gasteiger charge is -2.09. The van der Waals surface area contributed by atoms with Crippen LogP contribution in [0.1, 0.15) is 26.6 Å². The van der Waals surface area contributed by atoms with Gasteiger partial charge in [-0.1, -0.05) is 11.6 Å². The summed E-state index contributed by atoms with van der Waals surface area (Å²) in [6.45, 7) is 0.0796. The molecule has 0 radical (unpaired) electrons. The van der Waals surface area contributed by atoms with Crippen LogP contribution in [-0.2, 0) is 6.61 Å². The summed E-state index contributed by atoms with van der Waals surface area (Å²) in [5.74, 6) is -0.154. The molecule has 0 unspecified atom stereocenters. The van der Waals surface area contributed by atoms with Gasteiger partial charge in [-0.3, -0.25) is 14.6 Å². The maximum absolute atomic E-state index is 12.1. The molecule has 33 heavy (non-hydrogen) atoms. The summed E-state index contributed by atoms with van der Waals surface area (Å²) < 4.78 is 11.6. The van der Waals surface area contributed by atoms with Crippen molar-refractivity contribution in [2.45, 2.75) is 6.61 Å². The Kier molecular flexibility index (Phi) is 6.36. The van der Waals surface area contributed by atoms with Crippen molar-refractivity contribution in [2.24, 2.45) is 0 Å². The summed E-state index contributed by atoms with van der Waals surface area (Å²) in [5.41, 5.74) is 1.93. The Bertz CT molecular complexity index is 1320. The van der Waals surface area contributed by atoms with Gasteiger partial charge in [-0.15, -0.1) is 10.2 Å². The molecule has 4 aromatic rings. The number of carbonyl (C=O) groups excluding carboxylic acids is 2. The van der Waals surface area contributed by atoms with Crippen molar-refractivity contribution < 1.29 is 18.7 Å². The van der Waals surface area contributed by atoms with E-state index in [2.05, 4.69) is 31.1 Å². The number of aromatic nitrogens is 3. The van der Waals surface area contributed by atoms with Gasteiger partial charge < -0.3 is 25.1 Å². The van der Waals surface area contributed by atoms with Crippen molar-refractivity contribution in [2.75, 3.05) is 19.4 Å². The molecule has 11 heteroatoms. The second-order valence-electron chi connectivity index (χ2n) is 6.84. The van der Waals surface area contributed by atoms with E-state index >= 15 is 0 Å². The molecule has 0 saturated carbocycles. The zero-order valence-electron chi connectivity index (χ0n) is 17.7. The molecule has 1 aromatic carbocycles. The smallest absolute Gasteiger partial charge is 0.286 e. The number of hydrogen-bond donors (Lipinski definition) is 3. The average Bonchev–Trinajstić information content (AvgIpc) is 3.30. The Morgan fingerprint density at radius 1 is 1.03 bits per heavy atom. The maximum Gasteiger partial charge on any atom is 0.286 e. The fraction of sp³-hybridized carbons (Fsp3) is 0.136. The number of benzene rings is 1. The third-order valence-electron chi connectivity index (χ3n) is 4.64. The van der Waals surface area contributed by atoms with Crippen LogP contribution in [-0.4, -0.2) is 41.1 Å². The monoisotopic (exact) mass is 466 g/mol. The molecule has 0 spiro atoms. The number of nitrogens with zero attached hydrogens (tertiary/aromatic N) is 3. The molecule has 0 fully saturated rings. The normalized spacial score (nSPS) is 10.6. The van der Waals surface area contributed by atoms with Crippen molar-refractivity contribution >= 4 is 45.9 Å². The SMILES string of the molecule is CNC(=O)c1cc(COc2nnc(Nc3ccc(Cl)cc3)c3cc(C(=O)NC)oc23)ccn1. The quantitative estimate of drug-likeness (QED) is 0.378. The minimum Gasteiger partial charge on any atom is -0.469 e. The average molecular weight is 467 g/mol. The van der Waals surface area contributed by atoms with E-state index in [0.717, 1.165) is 5.69 Å². The highest BCUT2D eigenvalue weighted by molar-refractivity contribution is 6.30. The van der Waals surface area contributed by atoms with Crippen LogP contribution in [0.5, 0.6) is 5.88 Å². The van der Waals surface area contributed by atoms with Gasteiger partial charge in [0.05, 0.1) is 5.39 Å². The minimum absolute atomic E-state index is 0.0796. The number of carbonyl (C=O) groups is 2. The highest BCUT2D eigenvalue weighted by Crippen LogP contribution is 2.33. The summed E-state index contributed by atoms with van der Waals surface area (Å²) in [6.07, 6.45) is 1.51. The predicted molar refractivity (Wildman–Crippen MR) is 122 cm³/mol. The zero-order chi connectivity index (χ0) is 23.4. The van der Waals surface area contributed by atoms with E-state index in [4.69, 9.17) is 20.8 Å². The first-order valence-electron chi connectivity index (χ1n) is 9.83. The van der Waals surface area contributed by atoms with Gasteiger partial charge in [0, 0.05) is 37.1 Å². The standard InChI is InChI=1S/C22H19ClN6O4/c1-24-20(30)16-9-12(7-8-26-16)11-32-22-18-15(10-17(33-18)21(31)25-2)19(28-29-22)27-14-5-3-13(23)4-6-14/h3-10H,11H2,1-2H3,(H,24,30)(H,25,31)(H,27,28). The van der Waals surface area contributed by atoms with E-state index in [1.807, 2.05) is 0 Å². The van der Waals surface area contributed by atoms with Crippen LogP contribution in [0.15, 0.2) is 53.1 Å². The molecule has 10 nitrogen and oxygen atoms in total. The summed E-state index contributed by atoms with van der Waals surface area (Å²) in [7, 11) is 3.03. The van der Waals surface area contributed by atoms with Gasteiger partial charge in [0.25, 0.3) is 17.7 Å². The molecule has 3 heterocycles. The molecule has 3 aromatic heterocycles. The van der Waals surface area contributed by atoms with Crippen LogP contribution < -0.4 is 20.7 Å². The Hall–Kier alpha value is -4.18. The van der Waals surface area contributed by atoms with Crippen LogP contribution in [0.3, 0.4) is 0 Å². The van der Waals surface area contributed by atoms with E-state index < -0.39 is 5.91 Å². The highest BCUT2D eigenvalue weighted by Gasteiger charge is 2.20. The molecule has 3 N–H and O–H groups in total. The van der Waals surface area contributed by atoms with Crippen LogP contribution in [0, 0.1) is 0 Å². The first kappa shape index (κ1) is 22.0. The summed E-state index contributed by atoms with van der Waals surface area (Å²) in [6, 6.07) is 11.9. The van der Waals surface area contributed by atoms with E-state index in [9.17, 15) is 9.59 Å². The van der Waals surface area contributed by atoms with Gasteiger partial charge in [-0.2, -0.15) is 0 Å². The van der Waals surface area contributed by atoms with Crippen LogP contribution >= 0.6 is 11.6 Å². The number of anilines is 2. The number of fused-ring (bicyclic) bond motifs is 1. The second-order valence-corrected chi connectivity index (χ2v) is 7.27. The number of rotatable bonds is 7. The van der Waals surface area contributed by atoms with Crippen molar-refractivity contribution in [3.63, 3.8) is 0 Å². The predicted octanol–water partition coefficient (Wildman–Crippen LogP) is 3.31. The molecular formula is C22H19ClN6O4. The third-order valence-corrected chi connectivity index (χ3v) is 4.89. The number of halogens is 1. The first-order valence-corrected chi connectivity index (χ1v) is 10.2. The Labute approximate surface area is 193 Å². The Balaban J connectivity index is 1.65. The van der Waals surface area contributed by atoms with Crippen molar-refractivity contribution in [3.05, 3.63) is 70.7 Å². The maximum atomic E-state index is 12.1. The Morgan fingerprint density at radius 3 is 2.52 bits per heavy atom. The largest absolute Gasteiger partial charge is 0.469 e. The summed E-state index contributed by atoms with van der Waals surface area (Å²) >= 11 is 5.95. The fourth-order valence-corrected chi connectivity index (χ4v) is 3.11. The molecule has 0 bridgehead atoms. The van der Waals surface area contributed by atoms with Crippen molar-refractivity contribution in [1.29, 1.82) is 0 Å². The van der Waals surface area contributed by atoms with Crippen LogP contribution in [0.2, 0.25) is 5.02 Å². The highest BCUT2D eigenvalue weighted by atomic mass is 35.5. The molecule has 0 saturated heterocycles. The molecule has 4 rings (SSSR count). The third kappa shape index (κ3) is 4.85. The molecule has 2 amide bonds. The lowest BCUT2D eigenvalue weighted by molar-refractivity contribution is 0.0935. The molecule has 0 aliphatic carbocycles. The fourth-order valence-electron chi connectivity index (χ4n) is 2.98. The van der Waals surface area contributed by atoms with Gasteiger partial charge in [-0.05, 0) is 42.0 Å². The summed E-state index contributed by atoms with van der Waals surface area (Å²) in [4.78, 5) is 28.0. The second kappa shape index (κ2) is 9.53. The summed E-state index contributed by atoms with van der Waals surface area (Å²) in [5, 5.41) is 17.6. The number of furan rings is 1. The van der Waals surface area contributed by atoms with E-state index in [1.54, 1.807) is 42.5 Å². The van der Waals surface area contributed by atoms with E-state index in [1.165, 1.54) is 20.3 Å². The number of pyridine rings is 1. The van der Waals surface area contributed by atoms with E-state index in [-0.39, 0.29) is 35.4 Å². The van der Waals surface area contributed by atoms with E-state index in [0.29, 0.717) is 21.8 Å². The van der Waals surface area contributed by atoms with Crippen molar-refractivity contribution in [1.82, 2.24) is 25.8 Å². The molecule has 0 aliphatic heterocycles. The number of amides is 2. The number of ether oxygens (including phenoxy) is 1. The number of hydrogen-bond acceptors (Lipinski definition) is 8. The molecule has 0 aliphatic rings. The molecule has 0 atom stereocenters. The van der Waals surface area contributed by atoms with Gasteiger partial charge in [0.15, 0.2) is 11.6 Å². The topological polar surface area (TPSA) is 131 Å². The first-order chi connectivity index (χ1) is 16.0. The van der Waals surface area contributed by atoms with Crippen LogP contribution in [0.25, 0.3) is 11.0 Å². The van der Waals surface area contributed by atoms with Crippen molar-refractivity contribution in [3.8, 4) is 5.88 Å². The molecule has 168 valence electrons. The van der Waals surface area contributed by atoms with Gasteiger partial charge >= 0.3 is 0 Å². The number of nitrogens with one attached hydrogen (secondary N) is 3.